The van der Waals surface area contributed by atoms with E-state index in [9.17, 15) is 14.9 Å². The van der Waals surface area contributed by atoms with Crippen molar-refractivity contribution in [1.29, 1.82) is 0 Å². The van der Waals surface area contributed by atoms with Crippen molar-refractivity contribution in [3.8, 4) is 11.4 Å². The summed E-state index contributed by atoms with van der Waals surface area (Å²) in [5.74, 6) is 0.782. The van der Waals surface area contributed by atoms with E-state index >= 15 is 0 Å². The first kappa shape index (κ1) is 20.3. The van der Waals surface area contributed by atoms with Gasteiger partial charge in [0, 0.05) is 17.2 Å². The van der Waals surface area contributed by atoms with E-state index in [0.717, 1.165) is 0 Å². The van der Waals surface area contributed by atoms with Gasteiger partial charge in [-0.15, -0.1) is 0 Å². The normalized spacial score (nSPS) is 11.2. The molecule has 0 aliphatic heterocycles. The number of fused-ring (bicyclic) bond motifs is 1. The zero-order valence-electron chi connectivity index (χ0n) is 16.4. The van der Waals surface area contributed by atoms with Crippen LogP contribution in [0.1, 0.15) is 11.4 Å². The van der Waals surface area contributed by atoms with Gasteiger partial charge in [0.2, 0.25) is 0 Å². The highest BCUT2D eigenvalue weighted by atomic mass is 35.5. The largest absolute Gasteiger partial charge is 0.495 e. The molecule has 0 aliphatic rings. The van der Waals surface area contributed by atoms with E-state index in [1.807, 2.05) is 0 Å². The van der Waals surface area contributed by atoms with E-state index in [-0.39, 0.29) is 11.2 Å². The number of methoxy groups -OCH3 is 1. The Kier molecular flexibility index (Phi) is 5.51. The molecule has 3 aromatic carbocycles. The van der Waals surface area contributed by atoms with Gasteiger partial charge in [0.1, 0.15) is 11.6 Å². The first-order chi connectivity index (χ1) is 15.0. The fourth-order valence-corrected chi connectivity index (χ4v) is 3.41. The standard InChI is InChI=1S/C23H16ClN3O4/c1-31-21-11-10-16(24)14-20(21)26-22(25-19-8-3-2-7-18(19)23(26)28)12-9-15-5-4-6-17(13-15)27(29)30/h2-14H,1H3/b12-9+. The van der Waals surface area contributed by atoms with Crippen LogP contribution in [0.15, 0.2) is 71.5 Å². The zero-order chi connectivity index (χ0) is 22.0. The Labute approximate surface area is 182 Å². The van der Waals surface area contributed by atoms with Crippen LogP contribution in [-0.4, -0.2) is 21.6 Å². The molecule has 0 atom stereocenters. The number of halogens is 1. The predicted octanol–water partition coefficient (Wildman–Crippen LogP) is 5.13. The van der Waals surface area contributed by atoms with Gasteiger partial charge in [0.15, 0.2) is 0 Å². The SMILES string of the molecule is COc1ccc(Cl)cc1-n1c(/C=C/c2cccc([N+](=O)[O-])c2)nc2ccccc2c1=O. The van der Waals surface area contributed by atoms with E-state index in [1.165, 1.54) is 23.8 Å². The first-order valence-corrected chi connectivity index (χ1v) is 9.64. The Bertz CT molecular complexity index is 1400. The van der Waals surface area contributed by atoms with Gasteiger partial charge >= 0.3 is 0 Å². The van der Waals surface area contributed by atoms with Crippen molar-refractivity contribution >= 4 is 40.3 Å². The molecule has 31 heavy (non-hydrogen) atoms. The molecule has 4 rings (SSSR count). The molecular formula is C23H16ClN3O4. The predicted molar refractivity (Wildman–Crippen MR) is 121 cm³/mol. The number of aromatic nitrogens is 2. The smallest absolute Gasteiger partial charge is 0.270 e. The van der Waals surface area contributed by atoms with Crippen molar-refractivity contribution in [1.82, 2.24) is 9.55 Å². The van der Waals surface area contributed by atoms with Crippen LogP contribution in [0.3, 0.4) is 0 Å². The number of para-hydroxylation sites is 1. The first-order valence-electron chi connectivity index (χ1n) is 9.26. The van der Waals surface area contributed by atoms with Crippen LogP contribution in [-0.2, 0) is 0 Å². The Morgan fingerprint density at radius 2 is 1.87 bits per heavy atom. The number of non-ortho nitro benzene ring substituents is 1. The highest BCUT2D eigenvalue weighted by Gasteiger charge is 2.15. The van der Waals surface area contributed by atoms with Crippen LogP contribution in [0.5, 0.6) is 5.75 Å². The van der Waals surface area contributed by atoms with E-state index in [2.05, 4.69) is 4.98 Å². The van der Waals surface area contributed by atoms with Crippen LogP contribution in [0.25, 0.3) is 28.7 Å². The number of nitro groups is 1. The number of ether oxygens (including phenoxy) is 1. The zero-order valence-corrected chi connectivity index (χ0v) is 17.1. The van der Waals surface area contributed by atoms with Crippen molar-refractivity contribution < 1.29 is 9.66 Å². The van der Waals surface area contributed by atoms with Crippen LogP contribution >= 0.6 is 11.6 Å². The van der Waals surface area contributed by atoms with Gasteiger partial charge in [-0.05, 0) is 42.0 Å². The second kappa shape index (κ2) is 8.41. The van der Waals surface area contributed by atoms with E-state index in [0.29, 0.717) is 38.8 Å². The van der Waals surface area contributed by atoms with Crippen LogP contribution in [0.4, 0.5) is 5.69 Å². The maximum absolute atomic E-state index is 13.4. The number of hydrogen-bond donors (Lipinski definition) is 0. The van der Waals surface area contributed by atoms with Gasteiger partial charge < -0.3 is 4.74 Å². The van der Waals surface area contributed by atoms with Gasteiger partial charge in [-0.25, -0.2) is 4.98 Å². The minimum Gasteiger partial charge on any atom is -0.495 e. The molecule has 8 heteroatoms. The number of hydrogen-bond acceptors (Lipinski definition) is 5. The lowest BCUT2D eigenvalue weighted by Gasteiger charge is -2.15. The molecule has 1 heterocycles. The number of nitrogens with zero attached hydrogens (tertiary/aromatic N) is 3. The summed E-state index contributed by atoms with van der Waals surface area (Å²) in [5.41, 5.74) is 1.26. The van der Waals surface area contributed by atoms with Gasteiger partial charge in [-0.2, -0.15) is 0 Å². The lowest BCUT2D eigenvalue weighted by Crippen LogP contribution is -2.22. The Balaban J connectivity index is 1.96. The van der Waals surface area contributed by atoms with Crippen molar-refractivity contribution in [2.24, 2.45) is 0 Å². The molecule has 0 aliphatic carbocycles. The summed E-state index contributed by atoms with van der Waals surface area (Å²) in [5, 5.41) is 11.9. The topological polar surface area (TPSA) is 87.3 Å². The van der Waals surface area contributed by atoms with Gasteiger partial charge in [0.25, 0.3) is 11.2 Å². The van der Waals surface area contributed by atoms with Crippen LogP contribution in [0, 0.1) is 10.1 Å². The van der Waals surface area contributed by atoms with Crippen LogP contribution in [0.2, 0.25) is 5.02 Å². The summed E-state index contributed by atoms with van der Waals surface area (Å²) >= 11 is 6.19. The third kappa shape index (κ3) is 4.04. The molecule has 0 radical (unpaired) electrons. The summed E-state index contributed by atoms with van der Waals surface area (Å²) in [6, 6.07) is 18.2. The molecule has 0 unspecified atom stereocenters. The second-order valence-electron chi connectivity index (χ2n) is 6.63. The number of benzene rings is 3. The molecule has 0 saturated carbocycles. The highest BCUT2D eigenvalue weighted by Crippen LogP contribution is 2.27. The molecule has 0 saturated heterocycles. The summed E-state index contributed by atoms with van der Waals surface area (Å²) in [6.45, 7) is 0. The van der Waals surface area contributed by atoms with Crippen LogP contribution < -0.4 is 10.3 Å². The van der Waals surface area contributed by atoms with Gasteiger partial charge in [-0.3, -0.25) is 19.5 Å². The second-order valence-corrected chi connectivity index (χ2v) is 7.07. The maximum atomic E-state index is 13.4. The van der Waals surface area contributed by atoms with E-state index in [1.54, 1.807) is 66.7 Å². The molecule has 0 bridgehead atoms. The third-order valence-corrected chi connectivity index (χ3v) is 4.92. The monoisotopic (exact) mass is 433 g/mol. The summed E-state index contributed by atoms with van der Waals surface area (Å²) in [6.07, 6.45) is 3.30. The Morgan fingerprint density at radius 1 is 1.06 bits per heavy atom. The molecule has 0 N–H and O–H groups in total. The molecule has 1 aromatic heterocycles. The molecule has 154 valence electrons. The fourth-order valence-electron chi connectivity index (χ4n) is 3.25. The molecule has 0 spiro atoms. The molecular weight excluding hydrogens is 418 g/mol. The summed E-state index contributed by atoms with van der Waals surface area (Å²) in [4.78, 5) is 28.6. The Hall–Kier alpha value is -3.97. The maximum Gasteiger partial charge on any atom is 0.270 e. The average Bonchev–Trinajstić information content (AvgIpc) is 2.78. The van der Waals surface area contributed by atoms with Crippen molar-refractivity contribution in [2.45, 2.75) is 0 Å². The van der Waals surface area contributed by atoms with Crippen molar-refractivity contribution in [2.75, 3.05) is 7.11 Å². The molecule has 4 aromatic rings. The lowest BCUT2D eigenvalue weighted by atomic mass is 10.1. The van der Waals surface area contributed by atoms with E-state index < -0.39 is 4.92 Å². The van der Waals surface area contributed by atoms with Gasteiger partial charge in [-0.1, -0.05) is 41.9 Å². The molecule has 0 fully saturated rings. The van der Waals surface area contributed by atoms with Gasteiger partial charge in [0.05, 0.1) is 28.6 Å². The molecule has 0 amide bonds. The Morgan fingerprint density at radius 3 is 2.65 bits per heavy atom. The fraction of sp³-hybridized carbons (Fsp3) is 0.0435. The highest BCUT2D eigenvalue weighted by molar-refractivity contribution is 6.30. The number of nitro benzene ring substituents is 1. The minimum atomic E-state index is -0.460. The summed E-state index contributed by atoms with van der Waals surface area (Å²) in [7, 11) is 1.50. The molecule has 7 nitrogen and oxygen atoms in total. The summed E-state index contributed by atoms with van der Waals surface area (Å²) < 4.78 is 6.85. The van der Waals surface area contributed by atoms with E-state index in [4.69, 9.17) is 16.3 Å². The third-order valence-electron chi connectivity index (χ3n) is 4.69. The quantitative estimate of drug-likeness (QED) is 0.322. The van der Waals surface area contributed by atoms with Crippen molar-refractivity contribution in [3.05, 3.63) is 104 Å². The average molecular weight is 434 g/mol. The lowest BCUT2D eigenvalue weighted by molar-refractivity contribution is -0.384. The number of rotatable bonds is 5. The minimum absolute atomic E-state index is 0.0254. The van der Waals surface area contributed by atoms with Crippen molar-refractivity contribution in [3.63, 3.8) is 0 Å².